The number of piperazine rings is 1. The number of piperidine rings is 1. The van der Waals surface area contributed by atoms with Gasteiger partial charge >= 0.3 is 6.01 Å². The van der Waals surface area contributed by atoms with Gasteiger partial charge in [0.2, 0.25) is 0 Å². The molecule has 0 aliphatic carbocycles. The molecule has 0 amide bonds. The van der Waals surface area contributed by atoms with Gasteiger partial charge in [-0.1, -0.05) is 20.8 Å². The number of hydrogen-bond acceptors (Lipinski definition) is 5. The van der Waals surface area contributed by atoms with E-state index in [0.29, 0.717) is 6.01 Å². The summed E-state index contributed by atoms with van der Waals surface area (Å²) in [5.74, 6) is 0. The van der Waals surface area contributed by atoms with Gasteiger partial charge in [-0.2, -0.15) is 0 Å². The van der Waals surface area contributed by atoms with Crippen molar-refractivity contribution in [2.75, 3.05) is 26.7 Å². The zero-order valence-electron chi connectivity index (χ0n) is 13.0. The first kappa shape index (κ1) is 15.2. The zero-order valence-corrected chi connectivity index (χ0v) is 13.0. The number of fused-ring (bicyclic) bond motifs is 2. The summed E-state index contributed by atoms with van der Waals surface area (Å²) in [5.41, 5.74) is 1.18. The molecule has 2 bridgehead atoms. The van der Waals surface area contributed by atoms with Gasteiger partial charge in [0.05, 0.1) is 7.11 Å². The van der Waals surface area contributed by atoms with E-state index in [1.54, 1.807) is 7.11 Å². The molecule has 3 fully saturated rings. The third kappa shape index (κ3) is 3.10. The van der Waals surface area contributed by atoms with Crippen LogP contribution in [0, 0.1) is 0 Å². The maximum Gasteiger partial charge on any atom is 0.316 e. The van der Waals surface area contributed by atoms with E-state index in [9.17, 15) is 0 Å². The molecule has 1 aromatic rings. The molecule has 112 valence electrons. The molecule has 4 rings (SSSR count). The topological polar surface area (TPSA) is 41.5 Å². The highest BCUT2D eigenvalue weighted by molar-refractivity contribution is 5.11. The lowest BCUT2D eigenvalue weighted by atomic mass is 9.87. The van der Waals surface area contributed by atoms with Crippen LogP contribution in [0.15, 0.2) is 12.4 Å². The Morgan fingerprint density at radius 1 is 1.20 bits per heavy atom. The van der Waals surface area contributed by atoms with Gasteiger partial charge in [-0.3, -0.25) is 4.90 Å². The molecule has 5 heteroatoms. The van der Waals surface area contributed by atoms with Gasteiger partial charge in [-0.15, -0.1) is 0 Å². The second kappa shape index (κ2) is 6.99. The summed E-state index contributed by atoms with van der Waals surface area (Å²) in [6.07, 6.45) is 5.10. The normalized spacial score (nSPS) is 25.4. The third-order valence-electron chi connectivity index (χ3n) is 4.10. The van der Waals surface area contributed by atoms with E-state index in [2.05, 4.69) is 26.7 Å². The van der Waals surface area contributed by atoms with E-state index in [4.69, 9.17) is 4.74 Å². The van der Waals surface area contributed by atoms with Crippen LogP contribution in [0.2, 0.25) is 0 Å². The average Bonchev–Trinajstić information content (AvgIpc) is 2.55. The fraction of sp³-hybridized carbons (Fsp3) is 0.733. The first-order chi connectivity index (χ1) is 9.80. The van der Waals surface area contributed by atoms with Gasteiger partial charge in [0.15, 0.2) is 0 Å². The second-order valence-corrected chi connectivity index (χ2v) is 5.15. The van der Waals surface area contributed by atoms with Crippen molar-refractivity contribution in [1.29, 1.82) is 0 Å². The van der Waals surface area contributed by atoms with Crippen LogP contribution in [0.5, 0.6) is 6.01 Å². The molecular weight excluding hydrogens is 252 g/mol. The lowest BCUT2D eigenvalue weighted by molar-refractivity contribution is -0.0733. The molecule has 4 heterocycles. The minimum Gasteiger partial charge on any atom is -0.467 e. The van der Waals surface area contributed by atoms with E-state index < -0.39 is 0 Å². The maximum atomic E-state index is 4.98. The number of likely N-dealkylation sites (N-methyl/N-ethyl adjacent to an activating group) is 1. The molecule has 2 atom stereocenters. The number of methoxy groups -OCH3 is 1. The minimum atomic E-state index is 0.444. The van der Waals surface area contributed by atoms with Crippen molar-refractivity contribution in [2.45, 2.75) is 45.8 Å². The standard InChI is InChI=1S/C13H20N4O.C2H6/c1-3-16-8-11-4-12(9-16)17(11)7-10-5-14-13(18-2)15-6-10;1-2/h5-6,11-12H,3-4,7-9H2,1-2H3;1-2H3. The average molecular weight is 278 g/mol. The molecule has 20 heavy (non-hydrogen) atoms. The van der Waals surface area contributed by atoms with Gasteiger partial charge in [-0.25, -0.2) is 9.97 Å². The summed E-state index contributed by atoms with van der Waals surface area (Å²) in [6.45, 7) is 10.8. The Hall–Kier alpha value is -1.20. The molecule has 0 saturated carbocycles. The minimum absolute atomic E-state index is 0.444. The predicted octanol–water partition coefficient (Wildman–Crippen LogP) is 1.79. The molecule has 3 aliphatic heterocycles. The van der Waals surface area contributed by atoms with Crippen LogP contribution < -0.4 is 4.74 Å². The lowest BCUT2D eigenvalue weighted by Crippen LogP contribution is -2.67. The summed E-state index contributed by atoms with van der Waals surface area (Å²) in [6, 6.07) is 1.90. The van der Waals surface area contributed by atoms with E-state index in [-0.39, 0.29) is 0 Å². The van der Waals surface area contributed by atoms with Gasteiger partial charge in [0.25, 0.3) is 0 Å². The highest BCUT2D eigenvalue weighted by Crippen LogP contribution is 2.33. The Morgan fingerprint density at radius 3 is 2.30 bits per heavy atom. The first-order valence-corrected chi connectivity index (χ1v) is 7.63. The highest BCUT2D eigenvalue weighted by Gasteiger charge is 2.43. The van der Waals surface area contributed by atoms with Gasteiger partial charge in [-0.05, 0) is 13.0 Å². The summed E-state index contributed by atoms with van der Waals surface area (Å²) in [4.78, 5) is 13.4. The van der Waals surface area contributed by atoms with Crippen molar-refractivity contribution < 1.29 is 4.74 Å². The first-order valence-electron chi connectivity index (χ1n) is 7.63. The summed E-state index contributed by atoms with van der Waals surface area (Å²) < 4.78 is 4.98. The second-order valence-electron chi connectivity index (χ2n) is 5.15. The van der Waals surface area contributed by atoms with E-state index in [0.717, 1.165) is 18.6 Å². The largest absolute Gasteiger partial charge is 0.467 e. The van der Waals surface area contributed by atoms with E-state index in [1.807, 2.05) is 26.2 Å². The summed E-state index contributed by atoms with van der Waals surface area (Å²) in [7, 11) is 1.59. The van der Waals surface area contributed by atoms with Gasteiger partial charge < -0.3 is 9.64 Å². The molecule has 3 aliphatic rings. The molecule has 1 aromatic heterocycles. The van der Waals surface area contributed by atoms with Crippen LogP contribution >= 0.6 is 0 Å². The van der Waals surface area contributed by atoms with Crippen LogP contribution in [0.25, 0.3) is 0 Å². The highest BCUT2D eigenvalue weighted by atomic mass is 16.5. The quantitative estimate of drug-likeness (QED) is 0.840. The van der Waals surface area contributed by atoms with Crippen molar-refractivity contribution in [1.82, 2.24) is 19.8 Å². The molecule has 0 aromatic carbocycles. The van der Waals surface area contributed by atoms with Crippen molar-refractivity contribution >= 4 is 0 Å². The maximum absolute atomic E-state index is 4.98. The Morgan fingerprint density at radius 2 is 1.80 bits per heavy atom. The fourth-order valence-corrected chi connectivity index (χ4v) is 3.03. The van der Waals surface area contributed by atoms with E-state index >= 15 is 0 Å². The number of ether oxygens (including phenoxy) is 1. The number of hydrogen-bond donors (Lipinski definition) is 0. The van der Waals surface area contributed by atoms with Crippen LogP contribution in [0.3, 0.4) is 0 Å². The van der Waals surface area contributed by atoms with Gasteiger partial charge in [0.1, 0.15) is 0 Å². The number of rotatable bonds is 4. The lowest BCUT2D eigenvalue weighted by Gasteiger charge is -2.56. The molecule has 0 radical (unpaired) electrons. The van der Waals surface area contributed by atoms with Gasteiger partial charge in [0, 0.05) is 49.7 Å². The smallest absolute Gasteiger partial charge is 0.316 e. The zero-order chi connectivity index (χ0) is 14.5. The summed E-state index contributed by atoms with van der Waals surface area (Å²) in [5, 5.41) is 0. The number of aromatic nitrogens is 2. The van der Waals surface area contributed by atoms with Crippen LogP contribution in [-0.2, 0) is 6.54 Å². The van der Waals surface area contributed by atoms with E-state index in [1.165, 1.54) is 31.6 Å². The Kier molecular flexibility index (Phi) is 5.31. The molecule has 2 unspecified atom stereocenters. The molecule has 5 nitrogen and oxygen atoms in total. The predicted molar refractivity (Wildman–Crippen MR) is 79.8 cm³/mol. The fourth-order valence-electron chi connectivity index (χ4n) is 3.03. The van der Waals surface area contributed by atoms with Crippen LogP contribution in [-0.4, -0.2) is 58.6 Å². The summed E-state index contributed by atoms with van der Waals surface area (Å²) >= 11 is 0. The van der Waals surface area contributed by atoms with Crippen molar-refractivity contribution in [3.8, 4) is 6.01 Å². The van der Waals surface area contributed by atoms with Crippen LogP contribution in [0.1, 0.15) is 32.8 Å². The Balaban J connectivity index is 0.000000704. The number of nitrogens with zero attached hydrogens (tertiary/aromatic N) is 4. The van der Waals surface area contributed by atoms with Crippen molar-refractivity contribution in [3.05, 3.63) is 18.0 Å². The molecular formula is C15H26N4O. The molecule has 3 saturated heterocycles. The molecule has 0 spiro atoms. The Labute approximate surface area is 122 Å². The van der Waals surface area contributed by atoms with Crippen molar-refractivity contribution in [2.24, 2.45) is 0 Å². The van der Waals surface area contributed by atoms with Crippen LogP contribution in [0.4, 0.5) is 0 Å². The third-order valence-corrected chi connectivity index (χ3v) is 4.10. The molecule has 0 N–H and O–H groups in total. The monoisotopic (exact) mass is 278 g/mol. The SMILES string of the molecule is CC.CCN1CC2CC(C1)N2Cc1cnc(OC)nc1. The van der Waals surface area contributed by atoms with Crippen molar-refractivity contribution in [3.63, 3.8) is 0 Å². The Bertz CT molecular complexity index is 397.